The Kier molecular flexibility index (Phi) is 3.18. The summed E-state index contributed by atoms with van der Waals surface area (Å²) in [5.41, 5.74) is 2.14. The zero-order valence-electron chi connectivity index (χ0n) is 12.2. The molecule has 0 fully saturated rings. The predicted octanol–water partition coefficient (Wildman–Crippen LogP) is 4.80. The van der Waals surface area contributed by atoms with Crippen LogP contribution < -0.4 is 4.74 Å². The number of benzene rings is 3. The lowest BCUT2D eigenvalue weighted by Crippen LogP contribution is -1.91. The average molecular weight is 296 g/mol. The number of carbonyl (C=O) groups is 1. The predicted molar refractivity (Wildman–Crippen MR) is 91.3 cm³/mol. The van der Waals surface area contributed by atoms with Crippen molar-refractivity contribution in [3.05, 3.63) is 78.9 Å². The summed E-state index contributed by atoms with van der Waals surface area (Å²) >= 11 is 0. The molecule has 0 aliphatic carbocycles. The monoisotopic (exact) mass is 296 g/mol. The summed E-state index contributed by atoms with van der Waals surface area (Å²) in [6, 6.07) is 28.2. The van der Waals surface area contributed by atoms with Gasteiger partial charge in [0.15, 0.2) is 0 Å². The molecule has 0 heterocycles. The van der Waals surface area contributed by atoms with Gasteiger partial charge in [-0.05, 0) is 29.3 Å². The minimum Gasteiger partial charge on any atom is -0.428 e. The van der Waals surface area contributed by atoms with Crippen molar-refractivity contribution in [3.63, 3.8) is 0 Å². The first-order chi connectivity index (χ1) is 11.4. The van der Waals surface area contributed by atoms with Gasteiger partial charge < -0.3 is 4.74 Å². The Bertz CT molecular complexity index is 1000. The van der Waals surface area contributed by atoms with Crippen molar-refractivity contribution in [1.82, 2.24) is 0 Å². The molecule has 0 atom stereocenters. The highest BCUT2D eigenvalue weighted by Gasteiger charge is 2.11. The van der Waals surface area contributed by atoms with Crippen LogP contribution in [0.5, 0.6) is 5.75 Å². The second kappa shape index (κ2) is 5.47. The number of hydrogen-bond donors (Lipinski definition) is 0. The standard InChI is InChI=1S/C21H12O2/c22-14-23-20-13-12-17(15-6-2-1-3-7-15)19-11-10-16-8-4-5-9-18(16)21(19)20/h1-9,12-14H. The third-order valence-electron chi connectivity index (χ3n) is 3.95. The number of fused-ring (bicyclic) bond motifs is 3. The molecule has 0 spiro atoms. The summed E-state index contributed by atoms with van der Waals surface area (Å²) in [5.74, 6) is 0.538. The minimum atomic E-state index is 0.461. The van der Waals surface area contributed by atoms with E-state index >= 15 is 0 Å². The Labute approximate surface area is 133 Å². The van der Waals surface area contributed by atoms with E-state index in [0.717, 1.165) is 32.7 Å². The highest BCUT2D eigenvalue weighted by Crippen LogP contribution is 2.37. The molecule has 2 nitrogen and oxygen atoms in total. The van der Waals surface area contributed by atoms with Crippen LogP contribution in [0.25, 0.3) is 32.7 Å². The maximum Gasteiger partial charge on any atom is 0.298 e. The van der Waals surface area contributed by atoms with Crippen LogP contribution in [0.3, 0.4) is 0 Å². The number of ether oxygens (including phenoxy) is 1. The molecule has 0 aromatic heterocycles. The maximum absolute atomic E-state index is 10.9. The van der Waals surface area contributed by atoms with Crippen LogP contribution in [0.1, 0.15) is 0 Å². The Morgan fingerprint density at radius 2 is 1.61 bits per heavy atom. The number of carbonyl (C=O) groups excluding carboxylic acids is 1. The van der Waals surface area contributed by atoms with Crippen molar-refractivity contribution in [1.29, 1.82) is 0 Å². The first-order valence-corrected chi connectivity index (χ1v) is 7.32. The molecule has 0 saturated heterocycles. The number of rotatable bonds is 3. The van der Waals surface area contributed by atoms with Crippen LogP contribution in [0.15, 0.2) is 66.7 Å². The molecule has 0 aliphatic heterocycles. The first kappa shape index (κ1) is 13.4. The second-order valence-corrected chi connectivity index (χ2v) is 5.24. The molecule has 4 aromatic rings. The summed E-state index contributed by atoms with van der Waals surface area (Å²) < 4.78 is 5.20. The van der Waals surface area contributed by atoms with Gasteiger partial charge in [-0.25, -0.2) is 0 Å². The van der Waals surface area contributed by atoms with Crippen molar-refractivity contribution < 1.29 is 9.53 Å². The van der Waals surface area contributed by atoms with E-state index in [9.17, 15) is 4.79 Å². The topological polar surface area (TPSA) is 26.3 Å². The van der Waals surface area contributed by atoms with E-state index < -0.39 is 0 Å². The van der Waals surface area contributed by atoms with Gasteiger partial charge in [0.2, 0.25) is 0 Å². The van der Waals surface area contributed by atoms with E-state index in [0.29, 0.717) is 12.2 Å². The fraction of sp³-hybridized carbons (Fsp3) is 0. The quantitative estimate of drug-likeness (QED) is 0.508. The minimum absolute atomic E-state index is 0.461. The Morgan fingerprint density at radius 3 is 2.43 bits per heavy atom. The summed E-state index contributed by atoms with van der Waals surface area (Å²) in [5, 5.41) is 3.72. The number of hydrogen-bond acceptors (Lipinski definition) is 2. The van der Waals surface area contributed by atoms with Gasteiger partial charge in [-0.2, -0.15) is 0 Å². The molecule has 108 valence electrons. The summed E-state index contributed by atoms with van der Waals surface area (Å²) in [6.07, 6.45) is 0. The van der Waals surface area contributed by atoms with Gasteiger partial charge in [-0.1, -0.05) is 60.7 Å². The van der Waals surface area contributed by atoms with Gasteiger partial charge in [0, 0.05) is 21.5 Å². The highest BCUT2D eigenvalue weighted by molar-refractivity contribution is 6.13. The smallest absolute Gasteiger partial charge is 0.298 e. The molecule has 4 aromatic carbocycles. The van der Waals surface area contributed by atoms with Gasteiger partial charge in [-0.3, -0.25) is 4.79 Å². The van der Waals surface area contributed by atoms with Crippen LogP contribution in [0, 0.1) is 12.1 Å². The fourth-order valence-electron chi connectivity index (χ4n) is 2.93. The van der Waals surface area contributed by atoms with Gasteiger partial charge in [0.1, 0.15) is 5.75 Å². The Morgan fingerprint density at radius 1 is 0.826 bits per heavy atom. The van der Waals surface area contributed by atoms with E-state index in [1.165, 1.54) is 0 Å². The lowest BCUT2D eigenvalue weighted by atomic mass is 9.95. The van der Waals surface area contributed by atoms with Crippen molar-refractivity contribution in [2.24, 2.45) is 0 Å². The molecule has 0 unspecified atom stereocenters. The molecule has 23 heavy (non-hydrogen) atoms. The zero-order valence-corrected chi connectivity index (χ0v) is 12.2. The zero-order chi connectivity index (χ0) is 15.6. The first-order valence-electron chi connectivity index (χ1n) is 7.32. The molecule has 0 aliphatic rings. The molecular formula is C21H12O2. The molecule has 0 radical (unpaired) electrons. The van der Waals surface area contributed by atoms with E-state index in [1.54, 1.807) is 0 Å². The highest BCUT2D eigenvalue weighted by atomic mass is 16.5. The van der Waals surface area contributed by atoms with Gasteiger partial charge >= 0.3 is 0 Å². The van der Waals surface area contributed by atoms with Crippen molar-refractivity contribution in [2.45, 2.75) is 0 Å². The summed E-state index contributed by atoms with van der Waals surface area (Å²) in [6.45, 7) is 0.461. The molecule has 0 saturated carbocycles. The third-order valence-corrected chi connectivity index (χ3v) is 3.95. The third kappa shape index (κ3) is 2.20. The van der Waals surface area contributed by atoms with Crippen LogP contribution in [0.4, 0.5) is 0 Å². The van der Waals surface area contributed by atoms with Crippen molar-refractivity contribution in [2.75, 3.05) is 0 Å². The van der Waals surface area contributed by atoms with E-state index in [4.69, 9.17) is 4.74 Å². The fourth-order valence-corrected chi connectivity index (χ4v) is 2.93. The Hall–Kier alpha value is -3.31. The lowest BCUT2D eigenvalue weighted by molar-refractivity contribution is -0.120. The SMILES string of the molecule is O=COc1ccc(-c2ccccc2)c2c#cc3ccccc3c12. The van der Waals surface area contributed by atoms with E-state index in [1.807, 2.05) is 54.6 Å². The van der Waals surface area contributed by atoms with E-state index in [2.05, 4.69) is 24.3 Å². The molecule has 2 heteroatoms. The van der Waals surface area contributed by atoms with Crippen molar-refractivity contribution in [3.8, 4) is 16.9 Å². The average Bonchev–Trinajstić information content (AvgIpc) is 2.62. The molecule has 0 bridgehead atoms. The van der Waals surface area contributed by atoms with E-state index in [-0.39, 0.29) is 0 Å². The van der Waals surface area contributed by atoms with Crippen molar-refractivity contribution >= 4 is 28.0 Å². The maximum atomic E-state index is 10.9. The van der Waals surface area contributed by atoms with Crippen LogP contribution in [-0.4, -0.2) is 6.47 Å². The normalized spacial score (nSPS) is 10.4. The molecule has 0 amide bonds. The largest absolute Gasteiger partial charge is 0.428 e. The molecular weight excluding hydrogens is 284 g/mol. The van der Waals surface area contributed by atoms with Crippen LogP contribution >= 0.6 is 0 Å². The summed E-state index contributed by atoms with van der Waals surface area (Å²) in [7, 11) is 0. The Balaban J connectivity index is 2.14. The van der Waals surface area contributed by atoms with Crippen LogP contribution in [0.2, 0.25) is 0 Å². The summed E-state index contributed by atoms with van der Waals surface area (Å²) in [4.78, 5) is 10.9. The second-order valence-electron chi connectivity index (χ2n) is 5.24. The molecule has 4 rings (SSSR count). The van der Waals surface area contributed by atoms with Gasteiger partial charge in [0.25, 0.3) is 6.47 Å². The van der Waals surface area contributed by atoms with Gasteiger partial charge in [-0.15, -0.1) is 0 Å². The van der Waals surface area contributed by atoms with Crippen LogP contribution in [-0.2, 0) is 4.79 Å². The lowest BCUT2D eigenvalue weighted by Gasteiger charge is -2.10. The molecule has 0 N–H and O–H groups in total. The van der Waals surface area contributed by atoms with Gasteiger partial charge in [0.05, 0.1) is 0 Å².